The van der Waals surface area contributed by atoms with Crippen molar-refractivity contribution >= 4 is 0 Å². The summed E-state index contributed by atoms with van der Waals surface area (Å²) >= 11 is 0. The third-order valence-electron chi connectivity index (χ3n) is 3.74. The molecule has 1 aliphatic rings. The smallest absolute Gasteiger partial charge is 0.255 e. The number of benzene rings is 1. The average Bonchev–Trinajstić information content (AvgIpc) is 2.42. The van der Waals surface area contributed by atoms with Crippen LogP contribution in [0, 0.1) is 0 Å². The van der Waals surface area contributed by atoms with Crippen molar-refractivity contribution in [2.24, 2.45) is 0 Å². The first-order valence-corrected chi connectivity index (χ1v) is 6.57. The van der Waals surface area contributed by atoms with Crippen LogP contribution in [0.3, 0.4) is 0 Å². The summed E-state index contributed by atoms with van der Waals surface area (Å²) in [4.78, 5) is 21.1. The number of aromatic nitrogens is 2. The maximum Gasteiger partial charge on any atom is 0.255 e. The van der Waals surface area contributed by atoms with Crippen molar-refractivity contribution in [3.05, 3.63) is 63.8 Å². The van der Waals surface area contributed by atoms with Gasteiger partial charge in [0.1, 0.15) is 0 Å². The molecule has 1 aromatic carbocycles. The predicted molar refractivity (Wildman–Crippen MR) is 73.7 cm³/mol. The Bertz CT molecular complexity index is 621. The molecule has 0 spiro atoms. The summed E-state index contributed by atoms with van der Waals surface area (Å²) in [5, 5.41) is 0. The van der Waals surface area contributed by atoms with Crippen molar-refractivity contribution in [1.29, 1.82) is 0 Å². The number of rotatable bonds is 2. The molecule has 0 saturated carbocycles. The summed E-state index contributed by atoms with van der Waals surface area (Å²) in [5.74, 6) is 0. The van der Waals surface area contributed by atoms with Crippen LogP contribution in [0.4, 0.5) is 0 Å². The number of nitrogens with one attached hydrogen (secondary N) is 1. The second-order valence-electron chi connectivity index (χ2n) is 5.10. The van der Waals surface area contributed by atoms with Gasteiger partial charge in [0.05, 0.1) is 17.6 Å². The molecule has 1 atom stereocenters. The van der Waals surface area contributed by atoms with E-state index in [1.165, 1.54) is 11.9 Å². The fourth-order valence-corrected chi connectivity index (χ4v) is 2.60. The zero-order chi connectivity index (χ0) is 13.2. The molecule has 0 fully saturated rings. The van der Waals surface area contributed by atoms with Gasteiger partial charge in [-0.2, -0.15) is 0 Å². The van der Waals surface area contributed by atoms with Gasteiger partial charge in [-0.25, -0.2) is 4.98 Å². The molecule has 0 amide bonds. The second-order valence-corrected chi connectivity index (χ2v) is 5.10. The number of aromatic amines is 1. The normalized spacial score (nSPS) is 19.1. The van der Waals surface area contributed by atoms with Gasteiger partial charge in [-0.1, -0.05) is 30.3 Å². The molecule has 1 aromatic heterocycles. The standard InChI is InChI=1S/C15H17N3O/c1-11-7-14-13(15(19)17-10-16-14)9-18(11)8-12-5-3-2-4-6-12/h2-6,10-11H,7-9H2,1H3,(H,16,17,19)/t11-/m1/s1. The minimum Gasteiger partial charge on any atom is -0.313 e. The molecule has 19 heavy (non-hydrogen) atoms. The van der Waals surface area contributed by atoms with Gasteiger partial charge in [-0.15, -0.1) is 0 Å². The monoisotopic (exact) mass is 255 g/mol. The lowest BCUT2D eigenvalue weighted by atomic mass is 10.00. The summed E-state index contributed by atoms with van der Waals surface area (Å²) in [6.07, 6.45) is 2.34. The lowest BCUT2D eigenvalue weighted by molar-refractivity contribution is 0.172. The van der Waals surface area contributed by atoms with E-state index in [1.54, 1.807) is 0 Å². The first-order chi connectivity index (χ1) is 9.24. The van der Waals surface area contributed by atoms with Crippen LogP contribution in [0.5, 0.6) is 0 Å². The Kier molecular flexibility index (Phi) is 3.17. The van der Waals surface area contributed by atoms with E-state index in [0.717, 1.165) is 24.2 Å². The molecule has 1 N–H and O–H groups in total. The maximum atomic E-state index is 11.8. The highest BCUT2D eigenvalue weighted by Crippen LogP contribution is 2.20. The second kappa shape index (κ2) is 4.97. The summed E-state index contributed by atoms with van der Waals surface area (Å²) < 4.78 is 0. The van der Waals surface area contributed by atoms with E-state index in [0.29, 0.717) is 12.6 Å². The first-order valence-electron chi connectivity index (χ1n) is 6.57. The molecular formula is C15H17N3O. The van der Waals surface area contributed by atoms with Crippen LogP contribution in [-0.2, 0) is 19.5 Å². The van der Waals surface area contributed by atoms with Crippen molar-refractivity contribution in [1.82, 2.24) is 14.9 Å². The zero-order valence-corrected chi connectivity index (χ0v) is 11.0. The van der Waals surface area contributed by atoms with E-state index >= 15 is 0 Å². The summed E-state index contributed by atoms with van der Waals surface area (Å²) in [5.41, 5.74) is 3.03. The molecule has 0 bridgehead atoms. The van der Waals surface area contributed by atoms with E-state index < -0.39 is 0 Å². The number of nitrogens with zero attached hydrogens (tertiary/aromatic N) is 2. The highest BCUT2D eigenvalue weighted by Gasteiger charge is 2.25. The zero-order valence-electron chi connectivity index (χ0n) is 11.0. The Hall–Kier alpha value is -1.94. The van der Waals surface area contributed by atoms with Crippen LogP contribution in [0.2, 0.25) is 0 Å². The molecule has 2 aromatic rings. The van der Waals surface area contributed by atoms with Gasteiger partial charge < -0.3 is 4.98 Å². The SMILES string of the molecule is C[C@@H]1Cc2nc[nH]c(=O)c2CN1Cc1ccccc1. The molecule has 98 valence electrons. The fourth-order valence-electron chi connectivity index (χ4n) is 2.60. The van der Waals surface area contributed by atoms with Crippen molar-refractivity contribution < 1.29 is 0 Å². The Morgan fingerprint density at radius 3 is 2.95 bits per heavy atom. The van der Waals surface area contributed by atoms with Crippen LogP contribution in [0.1, 0.15) is 23.7 Å². The van der Waals surface area contributed by atoms with Crippen molar-refractivity contribution in [3.8, 4) is 0 Å². The molecule has 4 nitrogen and oxygen atoms in total. The Labute approximate surface area is 112 Å². The van der Waals surface area contributed by atoms with Crippen LogP contribution in [0.25, 0.3) is 0 Å². The van der Waals surface area contributed by atoms with E-state index in [1.807, 2.05) is 18.2 Å². The van der Waals surface area contributed by atoms with E-state index in [2.05, 4.69) is 33.9 Å². The highest BCUT2D eigenvalue weighted by atomic mass is 16.1. The molecule has 4 heteroatoms. The highest BCUT2D eigenvalue weighted by molar-refractivity contribution is 5.21. The number of hydrogen-bond donors (Lipinski definition) is 1. The molecule has 1 aliphatic heterocycles. The summed E-state index contributed by atoms with van der Waals surface area (Å²) in [6.45, 7) is 3.74. The van der Waals surface area contributed by atoms with Gasteiger partial charge in [-0.05, 0) is 12.5 Å². The molecule has 2 heterocycles. The van der Waals surface area contributed by atoms with Gasteiger partial charge in [0.15, 0.2) is 0 Å². The largest absolute Gasteiger partial charge is 0.313 e. The minimum atomic E-state index is -0.00467. The fraction of sp³-hybridized carbons (Fsp3) is 0.333. The van der Waals surface area contributed by atoms with Crippen LogP contribution in [0.15, 0.2) is 41.5 Å². The lowest BCUT2D eigenvalue weighted by Crippen LogP contribution is -2.41. The molecule has 0 saturated heterocycles. The maximum absolute atomic E-state index is 11.8. The lowest BCUT2D eigenvalue weighted by Gasteiger charge is -2.33. The minimum absolute atomic E-state index is 0.00467. The van der Waals surface area contributed by atoms with E-state index in [-0.39, 0.29) is 5.56 Å². The van der Waals surface area contributed by atoms with E-state index in [9.17, 15) is 4.79 Å². The summed E-state index contributed by atoms with van der Waals surface area (Å²) in [7, 11) is 0. The van der Waals surface area contributed by atoms with Crippen LogP contribution in [-0.4, -0.2) is 20.9 Å². The summed E-state index contributed by atoms with van der Waals surface area (Å²) in [6, 6.07) is 10.8. The Morgan fingerprint density at radius 2 is 2.16 bits per heavy atom. The number of hydrogen-bond acceptors (Lipinski definition) is 3. The van der Waals surface area contributed by atoms with Crippen LogP contribution >= 0.6 is 0 Å². The molecule has 0 unspecified atom stereocenters. The Morgan fingerprint density at radius 1 is 1.37 bits per heavy atom. The van der Waals surface area contributed by atoms with Gasteiger partial charge in [0.2, 0.25) is 0 Å². The molecule has 0 aliphatic carbocycles. The van der Waals surface area contributed by atoms with E-state index in [4.69, 9.17) is 0 Å². The van der Waals surface area contributed by atoms with Crippen molar-refractivity contribution in [3.63, 3.8) is 0 Å². The number of fused-ring (bicyclic) bond motifs is 1. The van der Waals surface area contributed by atoms with Gasteiger partial charge in [-0.3, -0.25) is 9.69 Å². The Balaban J connectivity index is 1.85. The average molecular weight is 255 g/mol. The first kappa shape index (κ1) is 12.1. The van der Waals surface area contributed by atoms with Gasteiger partial charge in [0, 0.05) is 25.6 Å². The predicted octanol–water partition coefficient (Wildman–Crippen LogP) is 1.72. The van der Waals surface area contributed by atoms with Crippen molar-refractivity contribution in [2.75, 3.05) is 0 Å². The van der Waals surface area contributed by atoms with Gasteiger partial charge in [0.25, 0.3) is 5.56 Å². The van der Waals surface area contributed by atoms with Crippen molar-refractivity contribution in [2.45, 2.75) is 32.5 Å². The quantitative estimate of drug-likeness (QED) is 0.889. The molecular weight excluding hydrogens is 238 g/mol. The third kappa shape index (κ3) is 2.44. The van der Waals surface area contributed by atoms with Gasteiger partial charge >= 0.3 is 0 Å². The third-order valence-corrected chi connectivity index (χ3v) is 3.74. The van der Waals surface area contributed by atoms with Crippen LogP contribution < -0.4 is 5.56 Å². The topological polar surface area (TPSA) is 49.0 Å². The number of H-pyrrole nitrogens is 1. The molecule has 0 radical (unpaired) electrons. The molecule has 3 rings (SSSR count).